The summed E-state index contributed by atoms with van der Waals surface area (Å²) < 4.78 is 35.6. The van der Waals surface area contributed by atoms with Crippen LogP contribution in [-0.2, 0) is 5.75 Å². The first kappa shape index (κ1) is 19.5. The number of hydrogen-bond acceptors (Lipinski definition) is 7. The molecule has 0 atom stereocenters. The number of anilines is 1. The molecule has 2 heterocycles. The van der Waals surface area contributed by atoms with Crippen molar-refractivity contribution >= 4 is 17.6 Å². The number of hydrogen-bond donors (Lipinski definition) is 1. The Hall–Kier alpha value is -3.82. The number of nitrogens with two attached hydrogens (primary N) is 1. The molecule has 3 aromatic rings. The Balaban J connectivity index is 1.80. The van der Waals surface area contributed by atoms with Gasteiger partial charge in [0.25, 0.3) is 0 Å². The molecule has 0 aliphatic carbocycles. The normalized spacial score (nSPS) is 13.5. The maximum Gasteiger partial charge on any atom is 0.586 e. The smallest absolute Gasteiger partial charge is 0.395 e. The van der Waals surface area contributed by atoms with Crippen LogP contribution in [0.25, 0.3) is 11.1 Å². The Morgan fingerprint density at radius 2 is 1.70 bits per heavy atom. The lowest BCUT2D eigenvalue weighted by molar-refractivity contribution is -0.286. The molecule has 0 saturated carbocycles. The van der Waals surface area contributed by atoms with Crippen LogP contribution in [-0.4, -0.2) is 11.3 Å². The monoisotopic (exact) mass is 422 g/mol. The summed E-state index contributed by atoms with van der Waals surface area (Å²) in [4.78, 5) is 4.23. The summed E-state index contributed by atoms with van der Waals surface area (Å²) in [6.07, 6.45) is -3.77. The van der Waals surface area contributed by atoms with E-state index in [1.54, 1.807) is 0 Å². The number of nitrogens with zero attached hydrogens (tertiary/aromatic N) is 3. The Kier molecular flexibility index (Phi) is 4.90. The number of nitrogen functional groups attached to an aromatic ring is 1. The molecule has 0 unspecified atom stereocenters. The molecular formula is C21H12F2N4O2S. The van der Waals surface area contributed by atoms with Crippen molar-refractivity contribution in [3.8, 4) is 34.8 Å². The summed E-state index contributed by atoms with van der Waals surface area (Å²) in [5.74, 6) is 0.145. The molecule has 148 valence electrons. The van der Waals surface area contributed by atoms with E-state index in [4.69, 9.17) is 5.73 Å². The zero-order valence-electron chi connectivity index (χ0n) is 15.2. The van der Waals surface area contributed by atoms with Gasteiger partial charge in [0.05, 0.1) is 5.56 Å². The number of fused-ring (bicyclic) bond motifs is 1. The Morgan fingerprint density at radius 1 is 1.00 bits per heavy atom. The number of nitriles is 2. The van der Waals surface area contributed by atoms with Crippen LogP contribution in [0, 0.1) is 22.7 Å². The van der Waals surface area contributed by atoms with Crippen molar-refractivity contribution in [2.75, 3.05) is 5.73 Å². The maximum atomic E-state index is 13.4. The predicted molar refractivity (Wildman–Crippen MR) is 106 cm³/mol. The zero-order chi connectivity index (χ0) is 21.3. The molecule has 0 spiro atoms. The number of benzene rings is 2. The first-order valence-electron chi connectivity index (χ1n) is 8.62. The van der Waals surface area contributed by atoms with E-state index in [0.717, 1.165) is 5.56 Å². The third-order valence-corrected chi connectivity index (χ3v) is 5.37. The molecule has 4 rings (SSSR count). The van der Waals surface area contributed by atoms with Crippen LogP contribution in [0.1, 0.15) is 16.7 Å². The van der Waals surface area contributed by atoms with Gasteiger partial charge in [0, 0.05) is 11.3 Å². The lowest BCUT2D eigenvalue weighted by Gasteiger charge is -2.13. The predicted octanol–water partition coefficient (Wildman–Crippen LogP) is 4.69. The van der Waals surface area contributed by atoms with E-state index in [9.17, 15) is 19.3 Å². The van der Waals surface area contributed by atoms with Crippen LogP contribution in [0.15, 0.2) is 53.6 Å². The minimum absolute atomic E-state index is 0.0127. The van der Waals surface area contributed by atoms with Crippen molar-refractivity contribution in [1.82, 2.24) is 4.98 Å². The van der Waals surface area contributed by atoms with Gasteiger partial charge in [-0.1, -0.05) is 36.4 Å². The van der Waals surface area contributed by atoms with E-state index in [1.807, 2.05) is 36.4 Å². The van der Waals surface area contributed by atoms with Crippen LogP contribution >= 0.6 is 11.8 Å². The molecule has 30 heavy (non-hydrogen) atoms. The highest BCUT2D eigenvalue weighted by Crippen LogP contribution is 2.45. The minimum atomic E-state index is -3.77. The summed E-state index contributed by atoms with van der Waals surface area (Å²) in [5.41, 5.74) is 7.65. The summed E-state index contributed by atoms with van der Waals surface area (Å²) >= 11 is 1.29. The van der Waals surface area contributed by atoms with Crippen LogP contribution in [0.4, 0.5) is 14.6 Å². The molecular weight excluding hydrogens is 410 g/mol. The standard InChI is InChI=1S/C21H12F2N4O2S/c22-21(23)28-16-7-6-13(8-17(16)29-21)18-14(9-24)19(26)27-20(15(18)10-25)30-11-12-4-2-1-3-5-12/h1-8H,11H2,(H2,26,27). The number of halogens is 2. The molecule has 0 fully saturated rings. The van der Waals surface area contributed by atoms with Crippen molar-refractivity contribution in [2.45, 2.75) is 17.1 Å². The number of ether oxygens (including phenoxy) is 2. The maximum absolute atomic E-state index is 13.4. The lowest BCUT2D eigenvalue weighted by Crippen LogP contribution is -2.25. The number of alkyl halides is 2. The first-order chi connectivity index (χ1) is 14.4. The van der Waals surface area contributed by atoms with Gasteiger partial charge in [0.1, 0.15) is 28.5 Å². The summed E-state index contributed by atoms with van der Waals surface area (Å²) in [6.45, 7) is 0. The fourth-order valence-corrected chi connectivity index (χ4v) is 3.97. The van der Waals surface area contributed by atoms with E-state index in [-0.39, 0.29) is 34.0 Å². The van der Waals surface area contributed by atoms with E-state index >= 15 is 0 Å². The number of thioether (sulfide) groups is 1. The van der Waals surface area contributed by atoms with Crippen molar-refractivity contribution in [2.24, 2.45) is 0 Å². The molecule has 1 aromatic heterocycles. The fourth-order valence-electron chi connectivity index (χ4n) is 3.02. The molecule has 2 N–H and O–H groups in total. The topological polar surface area (TPSA) is 105 Å². The largest absolute Gasteiger partial charge is 0.586 e. The molecule has 0 radical (unpaired) electrons. The van der Waals surface area contributed by atoms with Crippen LogP contribution in [0.2, 0.25) is 0 Å². The van der Waals surface area contributed by atoms with Crippen molar-refractivity contribution < 1.29 is 18.3 Å². The lowest BCUT2D eigenvalue weighted by atomic mass is 9.96. The molecule has 6 nitrogen and oxygen atoms in total. The van der Waals surface area contributed by atoms with Gasteiger partial charge >= 0.3 is 6.29 Å². The number of pyridine rings is 1. The second-order valence-corrected chi connectivity index (χ2v) is 7.22. The van der Waals surface area contributed by atoms with Gasteiger partial charge in [-0.25, -0.2) is 4.98 Å². The van der Waals surface area contributed by atoms with Gasteiger partial charge < -0.3 is 15.2 Å². The SMILES string of the molecule is N#Cc1c(N)nc(SCc2ccccc2)c(C#N)c1-c1ccc2c(c1)OC(F)(F)O2. The average Bonchev–Trinajstić information content (AvgIpc) is 3.05. The second-order valence-electron chi connectivity index (χ2n) is 6.25. The van der Waals surface area contributed by atoms with Crippen molar-refractivity contribution in [1.29, 1.82) is 10.5 Å². The molecule has 1 aliphatic heterocycles. The first-order valence-corrected chi connectivity index (χ1v) is 9.61. The number of aromatic nitrogens is 1. The van der Waals surface area contributed by atoms with E-state index < -0.39 is 6.29 Å². The summed E-state index contributed by atoms with van der Waals surface area (Å²) in [5, 5.41) is 19.8. The van der Waals surface area contributed by atoms with E-state index in [0.29, 0.717) is 16.3 Å². The Morgan fingerprint density at radius 3 is 2.40 bits per heavy atom. The Bertz CT molecular complexity index is 1220. The van der Waals surface area contributed by atoms with Gasteiger partial charge in [-0.15, -0.1) is 20.5 Å². The fraction of sp³-hybridized carbons (Fsp3) is 0.0952. The summed E-state index contributed by atoms with van der Waals surface area (Å²) in [7, 11) is 0. The van der Waals surface area contributed by atoms with Crippen molar-refractivity contribution in [3.63, 3.8) is 0 Å². The number of rotatable bonds is 4. The van der Waals surface area contributed by atoms with Gasteiger partial charge in [0.15, 0.2) is 11.5 Å². The highest BCUT2D eigenvalue weighted by molar-refractivity contribution is 7.98. The average molecular weight is 422 g/mol. The molecule has 1 aliphatic rings. The van der Waals surface area contributed by atoms with Gasteiger partial charge in [-0.2, -0.15) is 10.5 Å². The molecule has 2 aromatic carbocycles. The van der Waals surface area contributed by atoms with Crippen LogP contribution < -0.4 is 15.2 Å². The Labute approximate surface area is 174 Å². The van der Waals surface area contributed by atoms with E-state index in [2.05, 4.69) is 20.5 Å². The minimum Gasteiger partial charge on any atom is -0.395 e. The quantitative estimate of drug-likeness (QED) is 0.608. The van der Waals surface area contributed by atoms with Gasteiger partial charge in [-0.3, -0.25) is 0 Å². The van der Waals surface area contributed by atoms with Gasteiger partial charge in [0.2, 0.25) is 0 Å². The highest BCUT2D eigenvalue weighted by atomic mass is 32.2. The highest BCUT2D eigenvalue weighted by Gasteiger charge is 2.43. The van der Waals surface area contributed by atoms with E-state index in [1.165, 1.54) is 30.0 Å². The van der Waals surface area contributed by atoms with Gasteiger partial charge in [-0.05, 0) is 23.3 Å². The third-order valence-electron chi connectivity index (χ3n) is 4.32. The zero-order valence-corrected chi connectivity index (χ0v) is 16.0. The molecule has 0 amide bonds. The molecule has 9 heteroatoms. The molecule has 0 saturated heterocycles. The van der Waals surface area contributed by atoms with Crippen LogP contribution in [0.5, 0.6) is 11.5 Å². The van der Waals surface area contributed by atoms with Crippen LogP contribution in [0.3, 0.4) is 0 Å². The van der Waals surface area contributed by atoms with Crippen molar-refractivity contribution in [3.05, 3.63) is 65.2 Å². The molecule has 0 bridgehead atoms. The second kappa shape index (κ2) is 7.54. The third kappa shape index (κ3) is 3.59. The summed E-state index contributed by atoms with van der Waals surface area (Å²) in [6, 6.07) is 17.6.